The van der Waals surface area contributed by atoms with E-state index < -0.39 is 22.1 Å². The molecule has 1 aromatic heterocycles. The van der Waals surface area contributed by atoms with Gasteiger partial charge in [0.15, 0.2) is 0 Å². The van der Waals surface area contributed by atoms with Gasteiger partial charge in [-0.25, -0.2) is 13.2 Å². The number of ether oxygens (including phenoxy) is 1. The molecule has 3 heterocycles. The zero-order valence-corrected chi connectivity index (χ0v) is 18.9. The van der Waals surface area contributed by atoms with Gasteiger partial charge in [0.25, 0.3) is 5.91 Å². The van der Waals surface area contributed by atoms with E-state index in [-0.39, 0.29) is 15.7 Å². The van der Waals surface area contributed by atoms with E-state index in [0.29, 0.717) is 31.7 Å². The Morgan fingerprint density at radius 2 is 1.55 bits per heavy atom. The predicted molar refractivity (Wildman–Crippen MR) is 117 cm³/mol. The number of esters is 1. The number of piperidine rings is 1. The first-order valence-corrected chi connectivity index (χ1v) is 12.9. The number of amides is 1. The molecule has 7 nitrogen and oxygen atoms in total. The Bertz CT molecular complexity index is 1020. The monoisotopic (exact) mass is 462 g/mol. The molecule has 4 rings (SSSR count). The summed E-state index contributed by atoms with van der Waals surface area (Å²) in [5.41, 5.74) is 0.576. The molecule has 1 atom stereocenters. The lowest BCUT2D eigenvalue weighted by atomic mass is 10.1. The Kier molecular flexibility index (Phi) is 6.74. The number of sulfonamides is 1. The maximum Gasteiger partial charge on any atom is 0.350 e. The second-order valence-corrected chi connectivity index (χ2v) is 10.6. The molecule has 0 saturated carbocycles. The summed E-state index contributed by atoms with van der Waals surface area (Å²) in [5.74, 6) is -1.05. The number of hydrogen-bond acceptors (Lipinski definition) is 6. The average Bonchev–Trinajstić information content (AvgIpc) is 3.51. The molecular weight excluding hydrogens is 436 g/mol. The van der Waals surface area contributed by atoms with Gasteiger partial charge in [-0.2, -0.15) is 4.31 Å². The van der Waals surface area contributed by atoms with Gasteiger partial charge in [0, 0.05) is 31.7 Å². The summed E-state index contributed by atoms with van der Waals surface area (Å²) in [6.45, 7) is 2.17. The topological polar surface area (TPSA) is 84.0 Å². The van der Waals surface area contributed by atoms with Crippen molar-refractivity contribution in [1.82, 2.24) is 9.21 Å². The minimum atomic E-state index is -3.76. The summed E-state index contributed by atoms with van der Waals surface area (Å²) in [6, 6.07) is 10.3. The van der Waals surface area contributed by atoms with Gasteiger partial charge < -0.3 is 9.64 Å². The van der Waals surface area contributed by atoms with Gasteiger partial charge in [0.1, 0.15) is 9.77 Å². The second kappa shape index (κ2) is 9.50. The smallest absolute Gasteiger partial charge is 0.350 e. The van der Waals surface area contributed by atoms with Gasteiger partial charge in [-0.1, -0.05) is 30.3 Å². The van der Waals surface area contributed by atoms with Crippen molar-refractivity contribution < 1.29 is 22.7 Å². The van der Waals surface area contributed by atoms with Crippen LogP contribution in [-0.4, -0.2) is 55.7 Å². The highest BCUT2D eigenvalue weighted by atomic mass is 32.2. The third kappa shape index (κ3) is 4.68. The van der Waals surface area contributed by atoms with Crippen LogP contribution in [0.3, 0.4) is 0 Å². The van der Waals surface area contributed by atoms with Gasteiger partial charge >= 0.3 is 5.97 Å². The third-order valence-corrected chi connectivity index (χ3v) is 8.68. The summed E-state index contributed by atoms with van der Waals surface area (Å²) in [6.07, 6.45) is 3.44. The SMILES string of the molecule is O=C(O[C@H](C(=O)N1CCCCC1)c1ccccc1)c1sccc1S(=O)(=O)N1CCCC1. The number of thiophene rings is 1. The maximum absolute atomic E-state index is 13.2. The lowest BCUT2D eigenvalue weighted by molar-refractivity contribution is -0.142. The van der Waals surface area contributed by atoms with E-state index in [1.54, 1.807) is 34.5 Å². The molecule has 2 aliphatic heterocycles. The fourth-order valence-corrected chi connectivity index (χ4v) is 6.84. The summed E-state index contributed by atoms with van der Waals surface area (Å²) in [7, 11) is -3.76. The Labute approximate surface area is 186 Å². The molecule has 1 aromatic carbocycles. The van der Waals surface area contributed by atoms with E-state index in [1.807, 2.05) is 6.07 Å². The molecule has 0 unspecified atom stereocenters. The average molecular weight is 463 g/mol. The van der Waals surface area contributed by atoms with Gasteiger partial charge in [0.05, 0.1) is 0 Å². The number of carbonyl (C=O) groups is 2. The maximum atomic E-state index is 13.2. The Morgan fingerprint density at radius 3 is 2.23 bits per heavy atom. The molecule has 31 heavy (non-hydrogen) atoms. The van der Waals surface area contributed by atoms with Crippen molar-refractivity contribution in [2.45, 2.75) is 43.1 Å². The van der Waals surface area contributed by atoms with Crippen molar-refractivity contribution >= 4 is 33.2 Å². The highest BCUT2D eigenvalue weighted by Gasteiger charge is 2.35. The van der Waals surface area contributed by atoms with E-state index in [1.165, 1.54) is 10.4 Å². The molecule has 9 heteroatoms. The molecule has 2 fully saturated rings. The Balaban J connectivity index is 1.60. The standard InChI is InChI=1S/C22H26N2O5S2/c25-21(23-12-5-2-6-13-23)19(17-9-3-1-4-10-17)29-22(26)20-18(11-16-30-20)31(27,28)24-14-7-8-15-24/h1,3-4,9-11,16,19H,2,5-8,12-15H2/t19-/m0/s1. The van der Waals surface area contributed by atoms with Crippen molar-refractivity contribution in [3.63, 3.8) is 0 Å². The second-order valence-electron chi connectivity index (χ2n) is 7.81. The first-order chi connectivity index (χ1) is 15.0. The number of likely N-dealkylation sites (tertiary alicyclic amines) is 1. The minimum Gasteiger partial charge on any atom is -0.443 e. The van der Waals surface area contributed by atoms with Crippen LogP contribution in [0.15, 0.2) is 46.7 Å². The normalized spacial score (nSPS) is 18.6. The van der Waals surface area contributed by atoms with E-state index in [2.05, 4.69) is 0 Å². The van der Waals surface area contributed by atoms with Crippen molar-refractivity contribution in [3.05, 3.63) is 52.2 Å². The summed E-state index contributed by atoms with van der Waals surface area (Å²) >= 11 is 1.02. The zero-order valence-electron chi connectivity index (χ0n) is 17.2. The number of benzene rings is 1. The van der Waals surface area contributed by atoms with Crippen LogP contribution in [0.2, 0.25) is 0 Å². The molecular formula is C22H26N2O5S2. The fraction of sp³-hybridized carbons (Fsp3) is 0.455. The van der Waals surface area contributed by atoms with Crippen LogP contribution in [0.5, 0.6) is 0 Å². The van der Waals surface area contributed by atoms with Gasteiger partial charge in [-0.05, 0) is 43.6 Å². The quantitative estimate of drug-likeness (QED) is 0.614. The molecule has 2 saturated heterocycles. The highest BCUT2D eigenvalue weighted by molar-refractivity contribution is 7.89. The lowest BCUT2D eigenvalue weighted by Gasteiger charge is -2.30. The van der Waals surface area contributed by atoms with Gasteiger partial charge in [-0.3, -0.25) is 4.79 Å². The molecule has 2 aromatic rings. The van der Waals surface area contributed by atoms with E-state index >= 15 is 0 Å². The van der Waals surface area contributed by atoms with Crippen molar-refractivity contribution in [2.75, 3.05) is 26.2 Å². The minimum absolute atomic E-state index is 0.0132. The van der Waals surface area contributed by atoms with Crippen molar-refractivity contribution in [3.8, 4) is 0 Å². The number of rotatable bonds is 6. The summed E-state index contributed by atoms with van der Waals surface area (Å²) < 4.78 is 33.1. The number of nitrogens with zero attached hydrogens (tertiary/aromatic N) is 2. The first kappa shape index (κ1) is 22.0. The van der Waals surface area contributed by atoms with Crippen LogP contribution in [0, 0.1) is 0 Å². The van der Waals surface area contributed by atoms with Crippen LogP contribution < -0.4 is 0 Å². The molecule has 0 bridgehead atoms. The zero-order chi connectivity index (χ0) is 21.8. The number of carbonyl (C=O) groups excluding carboxylic acids is 2. The van der Waals surface area contributed by atoms with Crippen LogP contribution in [0.4, 0.5) is 0 Å². The fourth-order valence-electron chi connectivity index (χ4n) is 4.05. The van der Waals surface area contributed by atoms with Crippen LogP contribution in [0.25, 0.3) is 0 Å². The van der Waals surface area contributed by atoms with E-state index in [9.17, 15) is 18.0 Å². The first-order valence-electron chi connectivity index (χ1n) is 10.6. The van der Waals surface area contributed by atoms with E-state index in [4.69, 9.17) is 4.74 Å². The summed E-state index contributed by atoms with van der Waals surface area (Å²) in [4.78, 5) is 28.0. The molecule has 0 radical (unpaired) electrons. The summed E-state index contributed by atoms with van der Waals surface area (Å²) in [5, 5.41) is 1.57. The molecule has 2 aliphatic rings. The Morgan fingerprint density at radius 1 is 0.903 bits per heavy atom. The molecule has 1 amide bonds. The van der Waals surface area contributed by atoms with Gasteiger partial charge in [-0.15, -0.1) is 11.3 Å². The van der Waals surface area contributed by atoms with Crippen LogP contribution in [-0.2, 0) is 19.6 Å². The molecule has 166 valence electrons. The largest absolute Gasteiger partial charge is 0.443 e. The van der Waals surface area contributed by atoms with Crippen molar-refractivity contribution in [2.24, 2.45) is 0 Å². The predicted octanol–water partition coefficient (Wildman–Crippen LogP) is 3.44. The third-order valence-electron chi connectivity index (χ3n) is 5.72. The highest BCUT2D eigenvalue weighted by Crippen LogP contribution is 2.31. The molecule has 0 aliphatic carbocycles. The van der Waals surface area contributed by atoms with E-state index in [0.717, 1.165) is 43.4 Å². The van der Waals surface area contributed by atoms with Crippen LogP contribution >= 0.6 is 11.3 Å². The van der Waals surface area contributed by atoms with Crippen LogP contribution in [0.1, 0.15) is 53.4 Å². The molecule has 0 spiro atoms. The molecule has 0 N–H and O–H groups in total. The van der Waals surface area contributed by atoms with Crippen molar-refractivity contribution in [1.29, 1.82) is 0 Å². The number of hydrogen-bond donors (Lipinski definition) is 0. The lowest BCUT2D eigenvalue weighted by Crippen LogP contribution is -2.40. The van der Waals surface area contributed by atoms with Gasteiger partial charge in [0.2, 0.25) is 16.1 Å². The Hall–Kier alpha value is -2.23.